The quantitative estimate of drug-likeness (QED) is 0.493. The van der Waals surface area contributed by atoms with Gasteiger partial charge in [-0.25, -0.2) is 17.9 Å². The number of quaternary nitrogens is 1. The molecule has 0 aliphatic heterocycles. The fourth-order valence-electron chi connectivity index (χ4n) is 2.56. The molecular weight excluding hydrogens is 373 g/mol. The molecule has 0 spiro atoms. The van der Waals surface area contributed by atoms with Crippen LogP contribution in [0.4, 0.5) is 13.2 Å². The maximum atomic E-state index is 12.8. The lowest BCUT2D eigenvalue weighted by Gasteiger charge is -2.27. The molecule has 148 valence electrons. The molecule has 1 aromatic rings. The lowest BCUT2D eigenvalue weighted by atomic mass is 10.1. The summed E-state index contributed by atoms with van der Waals surface area (Å²) < 4.78 is 65.2. The molecule has 0 atom stereocenters. The molecule has 26 heavy (non-hydrogen) atoms. The van der Waals surface area contributed by atoms with Gasteiger partial charge in [-0.15, -0.1) is 0 Å². The van der Waals surface area contributed by atoms with E-state index in [0.717, 1.165) is 12.1 Å². The minimum absolute atomic E-state index is 0.0619. The van der Waals surface area contributed by atoms with Crippen LogP contribution in [0.15, 0.2) is 18.2 Å². The predicted molar refractivity (Wildman–Crippen MR) is 90.9 cm³/mol. The Hall–Kier alpha value is -1.65. The molecule has 2 N–H and O–H groups in total. The Labute approximate surface area is 151 Å². The number of nitrogens with one attached hydrogen (secondary N) is 1. The molecule has 0 heterocycles. The first-order valence-electron chi connectivity index (χ1n) is 7.89. The highest BCUT2D eigenvalue weighted by atomic mass is 32.2. The molecule has 10 heteroatoms. The minimum Gasteiger partial charge on any atom is -0.477 e. The molecular formula is C16H24F3N2O4S+. The van der Waals surface area contributed by atoms with Crippen LogP contribution in [0.25, 0.3) is 0 Å². The molecule has 0 unspecified atom stereocenters. The van der Waals surface area contributed by atoms with Gasteiger partial charge in [0, 0.05) is 13.0 Å². The smallest absolute Gasteiger partial charge is 0.416 e. The van der Waals surface area contributed by atoms with Gasteiger partial charge in [-0.1, -0.05) is 11.6 Å². The summed E-state index contributed by atoms with van der Waals surface area (Å²) in [7, 11) is -0.362. The SMILES string of the molecule is Cc1cc(CS(=O)(=O)NCCC[N+](C)(C)CC(=O)O)cc(C(F)(F)F)c1. The van der Waals surface area contributed by atoms with Gasteiger partial charge in [-0.05, 0) is 24.6 Å². The van der Waals surface area contributed by atoms with Gasteiger partial charge in [0.15, 0.2) is 6.54 Å². The van der Waals surface area contributed by atoms with Gasteiger partial charge in [0.1, 0.15) is 0 Å². The van der Waals surface area contributed by atoms with Crippen molar-refractivity contribution in [2.45, 2.75) is 25.3 Å². The number of alkyl halides is 3. The van der Waals surface area contributed by atoms with Gasteiger partial charge in [0.2, 0.25) is 10.0 Å². The molecule has 0 aliphatic rings. The summed E-state index contributed by atoms with van der Waals surface area (Å²) in [4.78, 5) is 10.7. The largest absolute Gasteiger partial charge is 0.477 e. The second kappa shape index (κ2) is 8.36. The first-order chi connectivity index (χ1) is 11.7. The van der Waals surface area contributed by atoms with E-state index in [1.165, 1.54) is 13.0 Å². The normalized spacial score (nSPS) is 13.0. The predicted octanol–water partition coefficient (Wildman–Crippen LogP) is 1.98. The number of likely N-dealkylation sites (N-methyl/N-ethyl adjacent to an activating group) is 1. The number of aryl methyl sites for hydroxylation is 1. The Morgan fingerprint density at radius 3 is 2.38 bits per heavy atom. The van der Waals surface area contributed by atoms with Gasteiger partial charge >= 0.3 is 12.1 Å². The summed E-state index contributed by atoms with van der Waals surface area (Å²) >= 11 is 0. The van der Waals surface area contributed by atoms with E-state index in [1.54, 1.807) is 14.1 Å². The molecule has 1 rings (SSSR count). The first-order valence-corrected chi connectivity index (χ1v) is 9.54. The Bertz CT molecular complexity index is 746. The summed E-state index contributed by atoms with van der Waals surface area (Å²) in [5, 5.41) is 8.79. The molecule has 0 aliphatic carbocycles. The fraction of sp³-hybridized carbons (Fsp3) is 0.562. The van der Waals surface area contributed by atoms with Crippen LogP contribution < -0.4 is 4.72 Å². The number of hydrogen-bond donors (Lipinski definition) is 2. The van der Waals surface area contributed by atoms with Crippen LogP contribution in [0.2, 0.25) is 0 Å². The maximum absolute atomic E-state index is 12.8. The average molecular weight is 397 g/mol. The van der Waals surface area contributed by atoms with Crippen molar-refractivity contribution in [2.75, 3.05) is 33.7 Å². The summed E-state index contributed by atoms with van der Waals surface area (Å²) in [6.45, 7) is 1.91. The molecule has 6 nitrogen and oxygen atoms in total. The van der Waals surface area contributed by atoms with Crippen molar-refractivity contribution in [3.63, 3.8) is 0 Å². The minimum atomic E-state index is -4.54. The molecule has 0 fully saturated rings. The highest BCUT2D eigenvalue weighted by molar-refractivity contribution is 7.88. The number of carboxylic acids is 1. The van der Waals surface area contributed by atoms with Crippen molar-refractivity contribution in [1.82, 2.24) is 4.72 Å². The Kier molecular flexibility index (Phi) is 7.20. The van der Waals surface area contributed by atoms with Crippen molar-refractivity contribution >= 4 is 16.0 Å². The Morgan fingerprint density at radius 2 is 1.85 bits per heavy atom. The van der Waals surface area contributed by atoms with Crippen molar-refractivity contribution in [3.8, 4) is 0 Å². The van der Waals surface area contributed by atoms with Gasteiger partial charge in [-0.3, -0.25) is 0 Å². The number of carbonyl (C=O) groups is 1. The van der Waals surface area contributed by atoms with E-state index in [4.69, 9.17) is 5.11 Å². The number of benzene rings is 1. The number of carboxylic acid groups (broad SMARTS) is 1. The van der Waals surface area contributed by atoms with Crippen molar-refractivity contribution < 1.29 is 36.0 Å². The highest BCUT2D eigenvalue weighted by Crippen LogP contribution is 2.30. The average Bonchev–Trinajstić information content (AvgIpc) is 2.40. The zero-order chi connectivity index (χ0) is 20.2. The third kappa shape index (κ3) is 8.15. The number of aliphatic carboxylic acids is 1. The zero-order valence-electron chi connectivity index (χ0n) is 14.9. The summed E-state index contributed by atoms with van der Waals surface area (Å²) in [5.74, 6) is -1.50. The third-order valence-electron chi connectivity index (χ3n) is 3.65. The van der Waals surface area contributed by atoms with E-state index < -0.39 is 33.5 Å². The number of rotatable bonds is 9. The molecule has 1 aromatic carbocycles. The van der Waals surface area contributed by atoms with Crippen LogP contribution in [-0.4, -0.2) is 57.7 Å². The Morgan fingerprint density at radius 1 is 1.23 bits per heavy atom. The molecule has 0 radical (unpaired) electrons. The Balaban J connectivity index is 2.65. The van der Waals surface area contributed by atoms with E-state index in [9.17, 15) is 26.4 Å². The van der Waals surface area contributed by atoms with E-state index in [-0.39, 0.29) is 23.1 Å². The molecule has 0 amide bonds. The lowest BCUT2D eigenvalue weighted by molar-refractivity contribution is -0.883. The topological polar surface area (TPSA) is 83.5 Å². The van der Waals surface area contributed by atoms with Crippen LogP contribution >= 0.6 is 0 Å². The molecule has 0 saturated heterocycles. The summed E-state index contributed by atoms with van der Waals surface area (Å²) in [5.41, 5.74) is -0.486. The number of hydrogen-bond acceptors (Lipinski definition) is 3. The van der Waals surface area contributed by atoms with Crippen molar-refractivity contribution in [1.29, 1.82) is 0 Å². The van der Waals surface area contributed by atoms with Crippen molar-refractivity contribution in [2.24, 2.45) is 0 Å². The van der Waals surface area contributed by atoms with Crippen LogP contribution in [0.3, 0.4) is 0 Å². The van der Waals surface area contributed by atoms with E-state index in [2.05, 4.69) is 4.72 Å². The monoisotopic (exact) mass is 397 g/mol. The van der Waals surface area contributed by atoms with Crippen LogP contribution in [0, 0.1) is 6.92 Å². The highest BCUT2D eigenvalue weighted by Gasteiger charge is 2.31. The fourth-order valence-corrected chi connectivity index (χ4v) is 3.72. The standard InChI is InChI=1S/C16H23F3N2O4S/c1-12-7-13(9-14(8-12)16(17,18)19)11-26(24,25)20-5-4-6-21(2,3)10-15(22)23/h7-9,20H,4-6,10-11H2,1-3H3/p+1. The van der Waals surface area contributed by atoms with E-state index in [0.29, 0.717) is 18.5 Å². The second-order valence-electron chi connectivity index (χ2n) is 6.92. The van der Waals surface area contributed by atoms with Crippen LogP contribution in [-0.2, 0) is 26.7 Å². The molecule has 0 bridgehead atoms. The van der Waals surface area contributed by atoms with E-state index in [1.807, 2.05) is 0 Å². The zero-order valence-corrected chi connectivity index (χ0v) is 15.7. The summed E-state index contributed by atoms with van der Waals surface area (Å²) in [6.07, 6.45) is -4.13. The van der Waals surface area contributed by atoms with Gasteiger partial charge in [0.25, 0.3) is 0 Å². The lowest BCUT2D eigenvalue weighted by Crippen LogP contribution is -2.45. The van der Waals surface area contributed by atoms with Crippen LogP contribution in [0.5, 0.6) is 0 Å². The molecule has 0 aromatic heterocycles. The maximum Gasteiger partial charge on any atom is 0.416 e. The van der Waals surface area contributed by atoms with Gasteiger partial charge in [0.05, 0.1) is 32.0 Å². The van der Waals surface area contributed by atoms with E-state index >= 15 is 0 Å². The number of nitrogens with zero attached hydrogens (tertiary/aromatic N) is 1. The third-order valence-corrected chi connectivity index (χ3v) is 5.00. The second-order valence-corrected chi connectivity index (χ2v) is 8.73. The van der Waals surface area contributed by atoms with Crippen LogP contribution in [0.1, 0.15) is 23.1 Å². The number of halogens is 3. The number of sulfonamides is 1. The molecule has 0 saturated carbocycles. The first kappa shape index (κ1) is 22.4. The summed E-state index contributed by atoms with van der Waals surface area (Å²) in [6, 6.07) is 3.20. The van der Waals surface area contributed by atoms with Gasteiger partial charge in [-0.2, -0.15) is 13.2 Å². The van der Waals surface area contributed by atoms with Gasteiger partial charge < -0.3 is 9.59 Å². The van der Waals surface area contributed by atoms with Crippen molar-refractivity contribution in [3.05, 3.63) is 34.9 Å².